The van der Waals surface area contributed by atoms with E-state index in [1.54, 1.807) is 6.20 Å². The van der Waals surface area contributed by atoms with Crippen molar-refractivity contribution in [3.63, 3.8) is 0 Å². The van der Waals surface area contributed by atoms with Crippen LogP contribution < -0.4 is 5.73 Å². The zero-order chi connectivity index (χ0) is 10.3. The molecule has 0 amide bonds. The first-order chi connectivity index (χ1) is 7.33. The molecule has 0 saturated heterocycles. The Morgan fingerprint density at radius 1 is 1.40 bits per heavy atom. The maximum atomic E-state index is 5.51. The summed E-state index contributed by atoms with van der Waals surface area (Å²) in [6.45, 7) is 0.876. The number of anilines is 1. The maximum absolute atomic E-state index is 5.51. The van der Waals surface area contributed by atoms with Crippen LogP contribution in [0.3, 0.4) is 0 Å². The molecule has 2 N–H and O–H groups in total. The molecule has 0 saturated carbocycles. The summed E-state index contributed by atoms with van der Waals surface area (Å²) in [6, 6.07) is 8.54. The lowest BCUT2D eigenvalue weighted by Gasteiger charge is -2.29. The quantitative estimate of drug-likeness (QED) is 0.792. The lowest BCUT2D eigenvalue weighted by atomic mass is 9.78. The van der Waals surface area contributed by atoms with Gasteiger partial charge >= 0.3 is 0 Å². The van der Waals surface area contributed by atoms with Crippen molar-refractivity contribution in [2.24, 2.45) is 0 Å². The maximum Gasteiger partial charge on any atom is 0.165 e. The number of aromatic nitrogens is 3. The van der Waals surface area contributed by atoms with Crippen molar-refractivity contribution >= 4 is 5.82 Å². The standard InChI is InChI=1S/C11H12N4/c12-11-7-15(14-13-11)6-9-5-8-3-1-2-4-10(8)9/h1-4,7,9H,5-6,12H2. The van der Waals surface area contributed by atoms with Gasteiger partial charge in [-0.15, -0.1) is 5.10 Å². The molecule has 1 aliphatic carbocycles. The number of hydrogen-bond donors (Lipinski definition) is 1. The monoisotopic (exact) mass is 200 g/mol. The number of nitrogens with zero attached hydrogens (tertiary/aromatic N) is 3. The molecular formula is C11H12N4. The van der Waals surface area contributed by atoms with E-state index in [1.165, 1.54) is 11.1 Å². The van der Waals surface area contributed by atoms with Crippen LogP contribution in [0.5, 0.6) is 0 Å². The Hall–Kier alpha value is -1.84. The van der Waals surface area contributed by atoms with Crippen LogP contribution >= 0.6 is 0 Å². The van der Waals surface area contributed by atoms with Gasteiger partial charge < -0.3 is 5.73 Å². The minimum Gasteiger partial charge on any atom is -0.381 e. The summed E-state index contributed by atoms with van der Waals surface area (Å²) in [5.41, 5.74) is 8.40. The average Bonchev–Trinajstić information content (AvgIpc) is 2.61. The zero-order valence-electron chi connectivity index (χ0n) is 8.30. The van der Waals surface area contributed by atoms with Crippen LogP contribution in [0.2, 0.25) is 0 Å². The van der Waals surface area contributed by atoms with Gasteiger partial charge in [0.25, 0.3) is 0 Å². The first-order valence-corrected chi connectivity index (χ1v) is 5.06. The second-order valence-electron chi connectivity index (χ2n) is 3.97. The molecule has 0 fully saturated rings. The molecule has 0 spiro atoms. The first kappa shape index (κ1) is 8.47. The Morgan fingerprint density at radius 2 is 2.27 bits per heavy atom. The average molecular weight is 200 g/mol. The van der Waals surface area contributed by atoms with Gasteiger partial charge in [0.05, 0.1) is 6.20 Å². The highest BCUT2D eigenvalue weighted by molar-refractivity contribution is 5.39. The molecule has 1 heterocycles. The number of nitrogen functional groups attached to an aromatic ring is 1. The molecule has 4 nitrogen and oxygen atoms in total. The molecule has 1 aliphatic rings. The van der Waals surface area contributed by atoms with Crippen LogP contribution in [0.25, 0.3) is 0 Å². The Balaban J connectivity index is 1.78. The fraction of sp³-hybridized carbons (Fsp3) is 0.273. The highest BCUT2D eigenvalue weighted by atomic mass is 15.4. The van der Waals surface area contributed by atoms with Gasteiger partial charge in [-0.2, -0.15) is 0 Å². The minimum atomic E-state index is 0.489. The van der Waals surface area contributed by atoms with Gasteiger partial charge in [-0.25, -0.2) is 4.68 Å². The van der Waals surface area contributed by atoms with Gasteiger partial charge in [0.1, 0.15) is 0 Å². The van der Waals surface area contributed by atoms with Crippen LogP contribution in [-0.4, -0.2) is 15.0 Å². The molecule has 4 heteroatoms. The normalized spacial score (nSPS) is 18.3. The predicted octanol–water partition coefficient (Wildman–Crippen LogP) is 1.20. The van der Waals surface area contributed by atoms with Crippen LogP contribution in [-0.2, 0) is 13.0 Å². The fourth-order valence-corrected chi connectivity index (χ4v) is 2.15. The molecular weight excluding hydrogens is 188 g/mol. The van der Waals surface area contributed by atoms with Gasteiger partial charge in [-0.3, -0.25) is 0 Å². The molecule has 1 aromatic carbocycles. The predicted molar refractivity (Wildman–Crippen MR) is 57.3 cm³/mol. The number of fused-ring (bicyclic) bond motifs is 1. The summed E-state index contributed by atoms with van der Waals surface area (Å²) in [5, 5.41) is 7.73. The molecule has 3 rings (SSSR count). The minimum absolute atomic E-state index is 0.489. The number of nitrogens with two attached hydrogens (primary N) is 1. The zero-order valence-corrected chi connectivity index (χ0v) is 8.30. The van der Waals surface area contributed by atoms with Crippen molar-refractivity contribution in [1.29, 1.82) is 0 Å². The second kappa shape index (κ2) is 3.08. The molecule has 76 valence electrons. The van der Waals surface area contributed by atoms with E-state index in [9.17, 15) is 0 Å². The molecule has 15 heavy (non-hydrogen) atoms. The lowest BCUT2D eigenvalue weighted by molar-refractivity contribution is 0.465. The van der Waals surface area contributed by atoms with Crippen molar-refractivity contribution in [2.45, 2.75) is 18.9 Å². The van der Waals surface area contributed by atoms with Gasteiger partial charge in [0, 0.05) is 12.5 Å². The molecule has 2 aromatic rings. The van der Waals surface area contributed by atoms with E-state index in [2.05, 4.69) is 34.6 Å². The number of rotatable bonds is 2. The highest BCUT2D eigenvalue weighted by Crippen LogP contribution is 2.35. The SMILES string of the molecule is Nc1cn(CC2Cc3ccccc32)nn1. The summed E-state index contributed by atoms with van der Waals surface area (Å²) in [4.78, 5) is 0. The molecule has 0 bridgehead atoms. The van der Waals surface area contributed by atoms with Crippen LogP contribution in [0, 0.1) is 0 Å². The van der Waals surface area contributed by atoms with E-state index in [-0.39, 0.29) is 0 Å². The molecule has 0 aliphatic heterocycles. The van der Waals surface area contributed by atoms with E-state index in [1.807, 2.05) is 4.68 Å². The summed E-state index contributed by atoms with van der Waals surface area (Å²) < 4.78 is 1.82. The Bertz CT molecular complexity index is 489. The third kappa shape index (κ3) is 1.38. The van der Waals surface area contributed by atoms with E-state index in [0.717, 1.165) is 13.0 Å². The van der Waals surface area contributed by atoms with Gasteiger partial charge in [0.2, 0.25) is 0 Å². The first-order valence-electron chi connectivity index (χ1n) is 5.06. The highest BCUT2D eigenvalue weighted by Gasteiger charge is 2.25. The summed E-state index contributed by atoms with van der Waals surface area (Å²) in [5.74, 6) is 1.06. The Kier molecular flexibility index (Phi) is 1.74. The van der Waals surface area contributed by atoms with Gasteiger partial charge in [-0.05, 0) is 17.5 Å². The van der Waals surface area contributed by atoms with Crippen LogP contribution in [0.1, 0.15) is 17.0 Å². The van der Waals surface area contributed by atoms with Crippen molar-refractivity contribution in [2.75, 3.05) is 5.73 Å². The third-order valence-electron chi connectivity index (χ3n) is 2.93. The Morgan fingerprint density at radius 3 is 3.00 bits per heavy atom. The molecule has 1 unspecified atom stereocenters. The van der Waals surface area contributed by atoms with E-state index in [0.29, 0.717) is 11.7 Å². The molecule has 1 aromatic heterocycles. The smallest absolute Gasteiger partial charge is 0.165 e. The van der Waals surface area contributed by atoms with E-state index >= 15 is 0 Å². The van der Waals surface area contributed by atoms with Crippen molar-refractivity contribution < 1.29 is 0 Å². The molecule has 0 radical (unpaired) electrons. The second-order valence-corrected chi connectivity index (χ2v) is 3.97. The van der Waals surface area contributed by atoms with Crippen LogP contribution in [0.4, 0.5) is 5.82 Å². The molecule has 1 atom stereocenters. The van der Waals surface area contributed by atoms with Crippen molar-refractivity contribution in [1.82, 2.24) is 15.0 Å². The third-order valence-corrected chi connectivity index (χ3v) is 2.93. The summed E-state index contributed by atoms with van der Waals surface area (Å²) >= 11 is 0. The Labute approximate surface area is 87.7 Å². The lowest BCUT2D eigenvalue weighted by Crippen LogP contribution is -2.22. The van der Waals surface area contributed by atoms with E-state index < -0.39 is 0 Å². The van der Waals surface area contributed by atoms with E-state index in [4.69, 9.17) is 5.73 Å². The number of benzene rings is 1. The number of hydrogen-bond acceptors (Lipinski definition) is 3. The van der Waals surface area contributed by atoms with Gasteiger partial charge in [-0.1, -0.05) is 29.5 Å². The van der Waals surface area contributed by atoms with Gasteiger partial charge in [0.15, 0.2) is 5.82 Å². The largest absolute Gasteiger partial charge is 0.381 e. The van der Waals surface area contributed by atoms with Crippen molar-refractivity contribution in [3.8, 4) is 0 Å². The topological polar surface area (TPSA) is 56.7 Å². The van der Waals surface area contributed by atoms with Crippen molar-refractivity contribution in [3.05, 3.63) is 41.6 Å². The summed E-state index contributed by atoms with van der Waals surface area (Å²) in [7, 11) is 0. The summed E-state index contributed by atoms with van der Waals surface area (Å²) in [6.07, 6.45) is 2.91. The fourth-order valence-electron chi connectivity index (χ4n) is 2.15. The van der Waals surface area contributed by atoms with Crippen LogP contribution in [0.15, 0.2) is 30.5 Å².